The molecule has 11 heteroatoms. The van der Waals surface area contributed by atoms with Crippen molar-refractivity contribution < 1.29 is 13.7 Å². The number of quaternary nitrogens is 2. The van der Waals surface area contributed by atoms with Crippen molar-refractivity contribution in [2.75, 3.05) is 55.4 Å². The summed E-state index contributed by atoms with van der Waals surface area (Å²) in [5.41, 5.74) is 6.24. The molecule has 7 aromatic rings. The largest absolute Gasteiger partial charge is 0.479 e. The minimum atomic E-state index is -0.00762. The van der Waals surface area contributed by atoms with Crippen molar-refractivity contribution in [1.82, 2.24) is 39.9 Å². The summed E-state index contributed by atoms with van der Waals surface area (Å²) in [6, 6.07) is 30.4. The lowest BCUT2D eigenvalue weighted by molar-refractivity contribution is -0.894. The molecule has 0 amide bonds. The van der Waals surface area contributed by atoms with Gasteiger partial charge in [-0.1, -0.05) is 72.8 Å². The van der Waals surface area contributed by atoms with E-state index in [0.717, 1.165) is 71.6 Å². The Kier molecular flexibility index (Phi) is 7.21. The summed E-state index contributed by atoms with van der Waals surface area (Å²) < 4.78 is 8.35. The number of fused-ring (bicyclic) bond motifs is 20. The average molecular weight is 689 g/mol. The van der Waals surface area contributed by atoms with Gasteiger partial charge < -0.3 is 23.7 Å². The molecule has 2 aliphatic rings. The van der Waals surface area contributed by atoms with Crippen LogP contribution in [-0.4, -0.2) is 110 Å². The second-order valence-electron chi connectivity index (χ2n) is 15.6. The van der Waals surface area contributed by atoms with E-state index in [9.17, 15) is 0 Å². The first-order valence-corrected chi connectivity index (χ1v) is 17.5. The Hall–Kier alpha value is -6.04. The molecule has 258 valence electrons. The molecule has 4 aromatic carbocycles. The number of likely N-dealkylation sites (N-methyl/N-ethyl adjacent to an activating group) is 2. The van der Waals surface area contributed by atoms with Crippen LogP contribution in [0.2, 0.25) is 0 Å². The van der Waals surface area contributed by atoms with E-state index in [0.29, 0.717) is 45.9 Å². The lowest BCUT2D eigenvalue weighted by Gasteiger charge is -2.33. The van der Waals surface area contributed by atoms with Gasteiger partial charge >= 0.3 is 0 Å². The number of hydrogen-bond acceptors (Lipinski definition) is 7. The maximum atomic E-state index is 6.77. The fourth-order valence-electron chi connectivity index (χ4n) is 7.24. The number of benzene rings is 4. The van der Waals surface area contributed by atoms with Gasteiger partial charge in [0.15, 0.2) is 29.4 Å². The molecule has 0 fully saturated rings. The first kappa shape index (κ1) is 31.9. The lowest BCUT2D eigenvalue weighted by Crippen LogP contribution is -2.51. The van der Waals surface area contributed by atoms with E-state index in [2.05, 4.69) is 64.4 Å². The topological polar surface area (TPSA) is 118 Å². The zero-order valence-electron chi connectivity index (χ0n) is 30.1. The molecule has 0 spiro atoms. The molecular weight excluding hydrogens is 649 g/mol. The van der Waals surface area contributed by atoms with Gasteiger partial charge in [-0.25, -0.2) is 29.9 Å². The number of nitrogens with zero attached hydrogens (tertiary/aromatic N) is 8. The fraction of sp³-hybridized carbons (Fsp3) is 0.220. The third-order valence-corrected chi connectivity index (χ3v) is 9.33. The summed E-state index contributed by atoms with van der Waals surface area (Å²) in [4.78, 5) is 37.6. The van der Waals surface area contributed by atoms with Crippen LogP contribution in [0.15, 0.2) is 91.0 Å². The Morgan fingerprint density at radius 1 is 0.462 bits per heavy atom. The molecule has 0 radical (unpaired) electrons. The summed E-state index contributed by atoms with van der Waals surface area (Å²) >= 11 is 0. The first-order chi connectivity index (χ1) is 25.0. The number of rotatable bonds is 6. The summed E-state index contributed by atoms with van der Waals surface area (Å²) in [6.07, 6.45) is -0.00762. The minimum Gasteiger partial charge on any atom is -0.479 e. The molecule has 9 rings (SSSR count). The number of H-pyrrole nitrogens is 2. The Morgan fingerprint density at radius 3 is 1.23 bits per heavy atom. The van der Waals surface area contributed by atoms with Crippen molar-refractivity contribution in [3.05, 3.63) is 91.0 Å². The highest BCUT2D eigenvalue weighted by atomic mass is 16.5. The van der Waals surface area contributed by atoms with E-state index in [4.69, 9.17) is 34.6 Å². The zero-order chi connectivity index (χ0) is 35.8. The third kappa shape index (κ3) is 5.83. The summed E-state index contributed by atoms with van der Waals surface area (Å²) in [7, 11) is 13.2. The molecule has 0 unspecified atom stereocenters. The Morgan fingerprint density at radius 2 is 0.827 bits per heavy atom. The Balaban J connectivity index is 1.34. The van der Waals surface area contributed by atoms with Gasteiger partial charge in [0.05, 0.1) is 42.3 Å². The number of nitrogens with one attached hydrogen (secondary N) is 2. The molecule has 0 saturated heterocycles. The molecule has 0 atom stereocenters. The van der Waals surface area contributed by atoms with Gasteiger partial charge in [0.1, 0.15) is 41.4 Å². The van der Waals surface area contributed by atoms with E-state index in [1.165, 1.54) is 0 Å². The van der Waals surface area contributed by atoms with E-state index >= 15 is 0 Å². The van der Waals surface area contributed by atoms with Gasteiger partial charge in [-0.15, -0.1) is 0 Å². The van der Waals surface area contributed by atoms with Crippen molar-refractivity contribution in [2.45, 2.75) is 6.10 Å². The van der Waals surface area contributed by atoms with E-state index in [1.54, 1.807) is 0 Å². The van der Waals surface area contributed by atoms with Crippen LogP contribution < -0.4 is 4.74 Å². The first-order valence-electron chi connectivity index (χ1n) is 17.5. The molecule has 5 heterocycles. The zero-order valence-corrected chi connectivity index (χ0v) is 30.1. The van der Waals surface area contributed by atoms with Gasteiger partial charge in [-0.05, 0) is 18.2 Å². The maximum Gasteiger partial charge on any atom is 0.196 e. The second kappa shape index (κ2) is 11.8. The highest BCUT2D eigenvalue weighted by molar-refractivity contribution is 6.06. The molecule has 2 N–H and O–H groups in total. The number of ether oxygens (including phenoxy) is 1. The van der Waals surface area contributed by atoms with Gasteiger partial charge in [-0.2, -0.15) is 0 Å². The standard InChI is InChI=1S/C41H40N10O/c1-50(2,3)22-25(23-51(4,5)6)52-24-19-20-32-33(21-24)41-48-39-31-18-12-11-17-30(31)37(46-39)44-35-27-14-8-7-13-26(27)34(42-35)43-36-28-15-9-10-16-29(28)38(45-36)47-40(32)49-41/h7-21,25H,22-23H2,1-6H3,(H2,42,43,44,45,46,47,48,49)/q+2. The van der Waals surface area contributed by atoms with E-state index in [-0.39, 0.29) is 6.10 Å². The molecule has 52 heavy (non-hydrogen) atoms. The van der Waals surface area contributed by atoms with Crippen LogP contribution in [0, 0.1) is 0 Å². The van der Waals surface area contributed by atoms with E-state index in [1.807, 2.05) is 78.9 Å². The monoisotopic (exact) mass is 688 g/mol. The third-order valence-electron chi connectivity index (χ3n) is 9.33. The number of aromatic amines is 2. The SMILES string of the molecule is C[N+](C)(C)CC(C[N+](C)(C)C)Oc1ccc2c3nc4nc(nc5[nH]c(nc6nc(nc([nH]3)c2c1)-c1ccccc1-6)c1ccccc51)-c1ccccc1-4. The van der Waals surface area contributed by atoms with Crippen LogP contribution in [0.1, 0.15) is 0 Å². The van der Waals surface area contributed by atoms with Gasteiger partial charge in [0, 0.05) is 43.8 Å². The Labute approximate surface area is 300 Å². The summed E-state index contributed by atoms with van der Waals surface area (Å²) in [5, 5.41) is 3.66. The van der Waals surface area contributed by atoms with Gasteiger partial charge in [-0.3, -0.25) is 0 Å². The van der Waals surface area contributed by atoms with Crippen molar-refractivity contribution in [3.63, 3.8) is 0 Å². The minimum absolute atomic E-state index is 0.00762. The van der Waals surface area contributed by atoms with Crippen LogP contribution >= 0.6 is 0 Å². The maximum absolute atomic E-state index is 6.77. The fourth-order valence-corrected chi connectivity index (χ4v) is 7.24. The van der Waals surface area contributed by atoms with Crippen LogP contribution in [0.25, 0.3) is 89.7 Å². The Bertz CT molecular complexity index is 2690. The predicted octanol–water partition coefficient (Wildman–Crippen LogP) is 7.03. The molecule has 3 aromatic heterocycles. The van der Waals surface area contributed by atoms with Crippen molar-refractivity contribution in [1.29, 1.82) is 0 Å². The highest BCUT2D eigenvalue weighted by Gasteiger charge is 2.27. The molecule has 11 nitrogen and oxygen atoms in total. The highest BCUT2D eigenvalue weighted by Crippen LogP contribution is 2.37. The number of aromatic nitrogens is 8. The predicted molar refractivity (Wildman–Crippen MR) is 206 cm³/mol. The van der Waals surface area contributed by atoms with Gasteiger partial charge in [0.25, 0.3) is 0 Å². The van der Waals surface area contributed by atoms with Crippen molar-refractivity contribution >= 4 is 44.1 Å². The quantitative estimate of drug-likeness (QED) is 0.180. The van der Waals surface area contributed by atoms with E-state index < -0.39 is 0 Å². The molecule has 0 saturated carbocycles. The van der Waals surface area contributed by atoms with Crippen LogP contribution in [0.4, 0.5) is 0 Å². The van der Waals surface area contributed by atoms with Crippen LogP contribution in [-0.2, 0) is 0 Å². The van der Waals surface area contributed by atoms with Crippen molar-refractivity contribution in [3.8, 4) is 51.3 Å². The second-order valence-corrected chi connectivity index (χ2v) is 15.6. The summed E-state index contributed by atoms with van der Waals surface area (Å²) in [5.74, 6) is 3.07. The number of hydrogen-bond donors (Lipinski definition) is 2. The van der Waals surface area contributed by atoms with Crippen LogP contribution in [0.3, 0.4) is 0 Å². The molecule has 2 aliphatic heterocycles. The average Bonchev–Trinajstić information content (AvgIpc) is 3.82. The summed E-state index contributed by atoms with van der Waals surface area (Å²) in [6.45, 7) is 1.71. The lowest BCUT2D eigenvalue weighted by atomic mass is 10.1. The van der Waals surface area contributed by atoms with Crippen molar-refractivity contribution in [2.24, 2.45) is 0 Å². The van der Waals surface area contributed by atoms with Gasteiger partial charge in [0.2, 0.25) is 0 Å². The van der Waals surface area contributed by atoms with Crippen LogP contribution in [0.5, 0.6) is 5.75 Å². The molecule has 8 bridgehead atoms. The normalized spacial score (nSPS) is 12.8. The molecule has 0 aliphatic carbocycles. The molecular formula is C41H40N10O+2. The smallest absolute Gasteiger partial charge is 0.196 e.